The second kappa shape index (κ2) is 6.19. The summed E-state index contributed by atoms with van der Waals surface area (Å²) in [6, 6.07) is 12.6. The van der Waals surface area contributed by atoms with Gasteiger partial charge in [0.1, 0.15) is 0 Å². The number of aromatic nitrogens is 2. The summed E-state index contributed by atoms with van der Waals surface area (Å²) < 4.78 is 0. The highest BCUT2D eigenvalue weighted by Crippen LogP contribution is 2.35. The van der Waals surface area contributed by atoms with Crippen molar-refractivity contribution in [3.8, 4) is 21.6 Å². The Balaban J connectivity index is 2.17. The van der Waals surface area contributed by atoms with Gasteiger partial charge in [-0.15, -0.1) is 11.3 Å². The Morgan fingerprint density at radius 1 is 1.24 bits per heavy atom. The third-order valence-corrected chi connectivity index (χ3v) is 4.53. The zero-order valence-corrected chi connectivity index (χ0v) is 13.0. The lowest BCUT2D eigenvalue weighted by atomic mass is 9.96. The maximum absolute atomic E-state index is 4.55. The molecule has 0 aliphatic rings. The number of pyridine rings is 1. The van der Waals surface area contributed by atoms with Crippen LogP contribution in [0.3, 0.4) is 0 Å². The van der Waals surface area contributed by atoms with E-state index in [-0.39, 0.29) is 0 Å². The zero-order valence-electron chi connectivity index (χ0n) is 12.2. The van der Waals surface area contributed by atoms with Gasteiger partial charge < -0.3 is 0 Å². The van der Waals surface area contributed by atoms with Crippen molar-refractivity contribution in [1.29, 1.82) is 0 Å². The lowest BCUT2D eigenvalue weighted by Crippen LogP contribution is -1.97. The SMILES string of the molecule is CCC(C)c1cc(-c2ccccc2)c(-c2cncs2)[c]n1. The molecular formula is C18H17N2S. The summed E-state index contributed by atoms with van der Waals surface area (Å²) in [7, 11) is 0. The minimum absolute atomic E-state index is 0.444. The van der Waals surface area contributed by atoms with Crippen molar-refractivity contribution in [3.05, 3.63) is 60.0 Å². The zero-order chi connectivity index (χ0) is 14.7. The Hall–Kier alpha value is -2.00. The topological polar surface area (TPSA) is 25.8 Å². The van der Waals surface area contributed by atoms with Gasteiger partial charge in [-0.1, -0.05) is 44.2 Å². The van der Waals surface area contributed by atoms with Gasteiger partial charge in [-0.2, -0.15) is 0 Å². The average molecular weight is 293 g/mol. The van der Waals surface area contributed by atoms with E-state index in [1.54, 1.807) is 11.3 Å². The third-order valence-electron chi connectivity index (χ3n) is 3.74. The maximum atomic E-state index is 4.55. The van der Waals surface area contributed by atoms with E-state index in [0.717, 1.165) is 22.6 Å². The highest BCUT2D eigenvalue weighted by molar-refractivity contribution is 7.13. The molecule has 2 heterocycles. The van der Waals surface area contributed by atoms with Crippen molar-refractivity contribution >= 4 is 11.3 Å². The first-order valence-electron chi connectivity index (χ1n) is 7.16. The molecule has 21 heavy (non-hydrogen) atoms. The summed E-state index contributed by atoms with van der Waals surface area (Å²) in [6.45, 7) is 4.39. The molecule has 3 rings (SSSR count). The van der Waals surface area contributed by atoms with Crippen molar-refractivity contribution in [2.24, 2.45) is 0 Å². The fourth-order valence-corrected chi connectivity index (χ4v) is 2.90. The molecule has 3 heteroatoms. The maximum Gasteiger partial charge on any atom is 0.0989 e. The molecule has 105 valence electrons. The highest BCUT2D eigenvalue weighted by Gasteiger charge is 2.13. The minimum Gasteiger partial charge on any atom is -0.252 e. The van der Waals surface area contributed by atoms with Crippen LogP contribution in [0, 0.1) is 6.20 Å². The number of hydrogen-bond donors (Lipinski definition) is 0. The molecular weight excluding hydrogens is 276 g/mol. The molecule has 0 spiro atoms. The molecule has 3 aromatic rings. The fourth-order valence-electron chi connectivity index (χ4n) is 2.27. The highest BCUT2D eigenvalue weighted by atomic mass is 32.1. The van der Waals surface area contributed by atoms with E-state index in [1.165, 1.54) is 11.1 Å². The Morgan fingerprint density at radius 2 is 2.05 bits per heavy atom. The van der Waals surface area contributed by atoms with Crippen LogP contribution in [-0.2, 0) is 0 Å². The molecule has 0 saturated carbocycles. The van der Waals surface area contributed by atoms with Crippen LogP contribution in [0.1, 0.15) is 31.9 Å². The van der Waals surface area contributed by atoms with Crippen LogP contribution in [0.2, 0.25) is 0 Å². The molecule has 0 fully saturated rings. The fraction of sp³-hybridized carbons (Fsp3) is 0.222. The second-order valence-electron chi connectivity index (χ2n) is 5.12. The van der Waals surface area contributed by atoms with Crippen LogP contribution >= 0.6 is 11.3 Å². The molecule has 0 N–H and O–H groups in total. The van der Waals surface area contributed by atoms with Gasteiger partial charge in [0.2, 0.25) is 0 Å². The molecule has 0 aliphatic carbocycles. The number of nitrogens with zero attached hydrogens (tertiary/aromatic N) is 2. The summed E-state index contributed by atoms with van der Waals surface area (Å²) in [5, 5.41) is 0. The molecule has 0 saturated heterocycles. The third kappa shape index (κ3) is 2.88. The van der Waals surface area contributed by atoms with Crippen LogP contribution in [0.25, 0.3) is 21.6 Å². The molecule has 2 aromatic heterocycles. The monoisotopic (exact) mass is 293 g/mol. The quantitative estimate of drug-likeness (QED) is 0.662. The van der Waals surface area contributed by atoms with Crippen LogP contribution in [0.5, 0.6) is 0 Å². The van der Waals surface area contributed by atoms with Gasteiger partial charge >= 0.3 is 0 Å². The van der Waals surface area contributed by atoms with E-state index < -0.39 is 0 Å². The first-order valence-corrected chi connectivity index (χ1v) is 8.04. The normalized spacial score (nSPS) is 12.3. The van der Waals surface area contributed by atoms with Crippen molar-refractivity contribution < 1.29 is 0 Å². The summed E-state index contributed by atoms with van der Waals surface area (Å²) in [4.78, 5) is 9.83. The minimum atomic E-state index is 0.444. The predicted octanol–water partition coefficient (Wildman–Crippen LogP) is 5.19. The van der Waals surface area contributed by atoms with Crippen molar-refractivity contribution in [3.63, 3.8) is 0 Å². The van der Waals surface area contributed by atoms with Crippen LogP contribution in [0.15, 0.2) is 48.1 Å². The summed E-state index contributed by atoms with van der Waals surface area (Å²) >= 11 is 1.62. The Kier molecular flexibility index (Phi) is 4.11. The van der Waals surface area contributed by atoms with Gasteiger partial charge in [0.05, 0.1) is 16.6 Å². The van der Waals surface area contributed by atoms with E-state index in [4.69, 9.17) is 0 Å². The van der Waals surface area contributed by atoms with Crippen LogP contribution in [0.4, 0.5) is 0 Å². The largest absolute Gasteiger partial charge is 0.252 e. The molecule has 1 atom stereocenters. The molecule has 1 unspecified atom stereocenters. The van der Waals surface area contributed by atoms with Gasteiger partial charge in [0.25, 0.3) is 0 Å². The first kappa shape index (κ1) is 14.0. The Labute approximate surface area is 129 Å². The summed E-state index contributed by atoms with van der Waals surface area (Å²) in [5.74, 6) is 0.444. The van der Waals surface area contributed by atoms with Gasteiger partial charge in [-0.05, 0) is 29.5 Å². The number of benzene rings is 1. The first-order chi connectivity index (χ1) is 10.3. The van der Waals surface area contributed by atoms with Crippen molar-refractivity contribution in [2.75, 3.05) is 0 Å². The number of rotatable bonds is 4. The van der Waals surface area contributed by atoms with E-state index in [2.05, 4.69) is 60.3 Å². The molecule has 2 nitrogen and oxygen atoms in total. The van der Waals surface area contributed by atoms with Gasteiger partial charge in [0.15, 0.2) is 0 Å². The predicted molar refractivity (Wildman–Crippen MR) is 88.3 cm³/mol. The number of hydrogen-bond acceptors (Lipinski definition) is 3. The van der Waals surface area contributed by atoms with Gasteiger partial charge in [-0.3, -0.25) is 9.97 Å². The van der Waals surface area contributed by atoms with E-state index in [0.29, 0.717) is 5.92 Å². The molecule has 0 aliphatic heterocycles. The van der Waals surface area contributed by atoms with Crippen LogP contribution in [-0.4, -0.2) is 9.97 Å². The molecule has 0 amide bonds. The lowest BCUT2D eigenvalue weighted by Gasteiger charge is -2.13. The van der Waals surface area contributed by atoms with E-state index in [9.17, 15) is 0 Å². The van der Waals surface area contributed by atoms with E-state index >= 15 is 0 Å². The molecule has 0 bridgehead atoms. The standard InChI is InChI=1S/C18H17N2S/c1-3-13(2)17-9-15(14-7-5-4-6-8-14)16(10-20-17)18-11-19-12-21-18/h4-9,11-13H,3H2,1-2H3. The summed E-state index contributed by atoms with van der Waals surface area (Å²) in [5.41, 5.74) is 6.37. The van der Waals surface area contributed by atoms with Crippen molar-refractivity contribution in [1.82, 2.24) is 9.97 Å². The second-order valence-corrected chi connectivity index (χ2v) is 6.01. The van der Waals surface area contributed by atoms with E-state index in [1.807, 2.05) is 17.8 Å². The molecule has 1 aromatic carbocycles. The Bertz CT molecular complexity index is 705. The van der Waals surface area contributed by atoms with Gasteiger partial charge in [-0.25, -0.2) is 0 Å². The smallest absolute Gasteiger partial charge is 0.0989 e. The molecule has 1 radical (unpaired) electrons. The Morgan fingerprint density at radius 3 is 2.71 bits per heavy atom. The lowest BCUT2D eigenvalue weighted by molar-refractivity contribution is 0.708. The number of thiazole rings is 1. The van der Waals surface area contributed by atoms with Crippen molar-refractivity contribution in [2.45, 2.75) is 26.2 Å². The van der Waals surface area contributed by atoms with Gasteiger partial charge in [0, 0.05) is 17.5 Å². The summed E-state index contributed by atoms with van der Waals surface area (Å²) in [6.07, 6.45) is 6.20. The van der Waals surface area contributed by atoms with Crippen LogP contribution < -0.4 is 0 Å². The average Bonchev–Trinajstić information content (AvgIpc) is 3.08.